The van der Waals surface area contributed by atoms with Gasteiger partial charge in [0.1, 0.15) is 11.4 Å². The SMILES string of the molecule is COC(=O)c1cc(OC)c(NCC2CN(C(=O)OC(C)(C)C)C[C@H](C)O2)c([N+](=O)[O-])c1. The Kier molecular flexibility index (Phi) is 7.66. The number of rotatable bonds is 6. The third-order valence-corrected chi connectivity index (χ3v) is 4.40. The molecule has 1 aliphatic heterocycles. The highest BCUT2D eigenvalue weighted by Gasteiger charge is 2.32. The van der Waals surface area contributed by atoms with Gasteiger partial charge < -0.3 is 29.2 Å². The zero-order chi connectivity index (χ0) is 23.3. The maximum absolute atomic E-state index is 12.4. The molecule has 1 aromatic carbocycles. The number of nitrogens with one attached hydrogen (secondary N) is 1. The molecule has 1 heterocycles. The lowest BCUT2D eigenvalue weighted by atomic mass is 10.1. The molecule has 172 valence electrons. The molecular formula is C20H29N3O8. The summed E-state index contributed by atoms with van der Waals surface area (Å²) in [6, 6.07) is 2.48. The number of amides is 1. The Balaban J connectivity index is 2.20. The summed E-state index contributed by atoms with van der Waals surface area (Å²) in [5.41, 5.74) is -0.865. The maximum Gasteiger partial charge on any atom is 0.410 e. The topological polar surface area (TPSA) is 129 Å². The van der Waals surface area contributed by atoms with Crippen molar-refractivity contribution in [3.05, 3.63) is 27.8 Å². The van der Waals surface area contributed by atoms with Crippen molar-refractivity contribution >= 4 is 23.4 Å². The van der Waals surface area contributed by atoms with Gasteiger partial charge in [-0.3, -0.25) is 10.1 Å². The van der Waals surface area contributed by atoms with Crippen LogP contribution in [0.3, 0.4) is 0 Å². The van der Waals surface area contributed by atoms with Crippen LogP contribution in [0, 0.1) is 10.1 Å². The van der Waals surface area contributed by atoms with Crippen molar-refractivity contribution in [1.29, 1.82) is 0 Å². The van der Waals surface area contributed by atoms with Crippen molar-refractivity contribution < 1.29 is 33.5 Å². The molecule has 31 heavy (non-hydrogen) atoms. The number of hydrogen-bond donors (Lipinski definition) is 1. The summed E-state index contributed by atoms with van der Waals surface area (Å²) in [5.74, 6) is -0.604. The number of nitro groups is 1. The molecule has 0 aromatic heterocycles. The second kappa shape index (κ2) is 9.82. The second-order valence-electron chi connectivity index (χ2n) is 8.16. The average Bonchev–Trinajstić information content (AvgIpc) is 2.69. The first-order chi connectivity index (χ1) is 14.4. The fourth-order valence-corrected chi connectivity index (χ4v) is 3.17. The normalized spacial score (nSPS) is 18.8. The van der Waals surface area contributed by atoms with E-state index in [1.807, 2.05) is 6.92 Å². The van der Waals surface area contributed by atoms with Gasteiger partial charge in [-0.2, -0.15) is 0 Å². The van der Waals surface area contributed by atoms with Gasteiger partial charge in [-0.05, 0) is 33.8 Å². The standard InChI is InChI=1S/C20H29N3O8/c1-12-10-22(19(25)31-20(2,3)4)11-14(30-12)9-21-17-15(23(26)27)7-13(18(24)29-6)8-16(17)28-5/h7-8,12,14,21H,9-11H2,1-6H3/t12-,14?/m0/s1. The first kappa shape index (κ1) is 24.2. The van der Waals surface area contributed by atoms with E-state index in [0.717, 1.165) is 6.07 Å². The van der Waals surface area contributed by atoms with Gasteiger partial charge in [-0.25, -0.2) is 9.59 Å². The number of nitrogens with zero attached hydrogens (tertiary/aromatic N) is 2. The summed E-state index contributed by atoms with van der Waals surface area (Å²) >= 11 is 0. The number of hydrogen-bond acceptors (Lipinski definition) is 9. The third kappa shape index (κ3) is 6.45. The summed E-state index contributed by atoms with van der Waals surface area (Å²) in [5, 5.41) is 14.6. The summed E-state index contributed by atoms with van der Waals surface area (Å²) in [7, 11) is 2.53. The monoisotopic (exact) mass is 439 g/mol. The van der Waals surface area contributed by atoms with Gasteiger partial charge >= 0.3 is 12.1 Å². The lowest BCUT2D eigenvalue weighted by Crippen LogP contribution is -2.52. The first-order valence-electron chi connectivity index (χ1n) is 9.77. The number of methoxy groups -OCH3 is 2. The van der Waals surface area contributed by atoms with Crippen molar-refractivity contribution in [1.82, 2.24) is 4.90 Å². The Hall–Kier alpha value is -3.08. The lowest BCUT2D eigenvalue weighted by molar-refractivity contribution is -0.384. The molecule has 1 aromatic rings. The van der Waals surface area contributed by atoms with Crippen LogP contribution >= 0.6 is 0 Å². The predicted molar refractivity (Wildman–Crippen MR) is 112 cm³/mol. The molecule has 0 bridgehead atoms. The minimum Gasteiger partial charge on any atom is -0.494 e. The highest BCUT2D eigenvalue weighted by molar-refractivity contribution is 5.93. The highest BCUT2D eigenvalue weighted by atomic mass is 16.6. The van der Waals surface area contributed by atoms with Crippen LogP contribution in [0.25, 0.3) is 0 Å². The summed E-state index contributed by atoms with van der Waals surface area (Å²) in [6.07, 6.45) is -1.13. The zero-order valence-corrected chi connectivity index (χ0v) is 18.6. The molecule has 0 spiro atoms. The Bertz CT molecular complexity index is 836. The van der Waals surface area contributed by atoms with E-state index in [2.05, 4.69) is 10.1 Å². The second-order valence-corrected chi connectivity index (χ2v) is 8.16. The number of carbonyl (C=O) groups excluding carboxylic acids is 2. The van der Waals surface area contributed by atoms with Crippen LogP contribution in [0.2, 0.25) is 0 Å². The van der Waals surface area contributed by atoms with Gasteiger partial charge in [0.25, 0.3) is 5.69 Å². The lowest BCUT2D eigenvalue weighted by Gasteiger charge is -2.37. The molecule has 1 saturated heterocycles. The molecule has 11 nitrogen and oxygen atoms in total. The van der Waals surface area contributed by atoms with Gasteiger partial charge in [-0.15, -0.1) is 0 Å². The number of anilines is 1. The molecule has 1 N–H and O–H groups in total. The third-order valence-electron chi connectivity index (χ3n) is 4.40. The largest absolute Gasteiger partial charge is 0.494 e. The van der Waals surface area contributed by atoms with E-state index in [1.54, 1.807) is 25.7 Å². The fraction of sp³-hybridized carbons (Fsp3) is 0.600. The van der Waals surface area contributed by atoms with E-state index < -0.39 is 28.7 Å². The van der Waals surface area contributed by atoms with Crippen LogP contribution < -0.4 is 10.1 Å². The molecular weight excluding hydrogens is 410 g/mol. The molecule has 2 atom stereocenters. The molecule has 0 saturated carbocycles. The van der Waals surface area contributed by atoms with Crippen LogP contribution in [0.4, 0.5) is 16.2 Å². The minimum absolute atomic E-state index is 0.00441. The van der Waals surface area contributed by atoms with Gasteiger partial charge in [0, 0.05) is 12.6 Å². The first-order valence-corrected chi connectivity index (χ1v) is 9.77. The Labute approximate surface area is 180 Å². The summed E-state index contributed by atoms with van der Waals surface area (Å²) in [6.45, 7) is 7.99. The van der Waals surface area contributed by atoms with Crippen molar-refractivity contribution in [2.45, 2.75) is 45.5 Å². The van der Waals surface area contributed by atoms with Crippen molar-refractivity contribution in [2.75, 3.05) is 39.2 Å². The molecule has 11 heteroatoms. The molecule has 1 unspecified atom stereocenters. The Morgan fingerprint density at radius 3 is 2.52 bits per heavy atom. The Morgan fingerprint density at radius 2 is 1.97 bits per heavy atom. The van der Waals surface area contributed by atoms with Crippen molar-refractivity contribution in [3.63, 3.8) is 0 Å². The van der Waals surface area contributed by atoms with E-state index in [4.69, 9.17) is 14.2 Å². The molecule has 1 amide bonds. The van der Waals surface area contributed by atoms with E-state index in [0.29, 0.717) is 6.54 Å². The zero-order valence-electron chi connectivity index (χ0n) is 18.6. The smallest absolute Gasteiger partial charge is 0.410 e. The number of nitro benzene ring substituents is 1. The van der Waals surface area contributed by atoms with Crippen molar-refractivity contribution in [2.24, 2.45) is 0 Å². The van der Waals surface area contributed by atoms with E-state index in [1.165, 1.54) is 20.3 Å². The van der Waals surface area contributed by atoms with Gasteiger partial charge in [0.15, 0.2) is 5.69 Å². The molecule has 1 aliphatic rings. The van der Waals surface area contributed by atoms with Gasteiger partial charge in [0.05, 0.1) is 50.0 Å². The molecule has 0 radical (unpaired) electrons. The van der Waals surface area contributed by atoms with Gasteiger partial charge in [-0.1, -0.05) is 0 Å². The number of morpholine rings is 1. The van der Waals surface area contributed by atoms with Crippen LogP contribution in [0.1, 0.15) is 38.1 Å². The van der Waals surface area contributed by atoms with E-state index >= 15 is 0 Å². The molecule has 2 rings (SSSR count). The quantitative estimate of drug-likeness (QED) is 0.404. The highest BCUT2D eigenvalue weighted by Crippen LogP contribution is 2.36. The maximum atomic E-state index is 12.4. The molecule has 0 aliphatic carbocycles. The number of esters is 1. The van der Waals surface area contributed by atoms with Gasteiger partial charge in [0.2, 0.25) is 0 Å². The van der Waals surface area contributed by atoms with Crippen molar-refractivity contribution in [3.8, 4) is 5.75 Å². The number of benzene rings is 1. The predicted octanol–water partition coefficient (Wildman–Crippen LogP) is 2.83. The summed E-state index contributed by atoms with van der Waals surface area (Å²) < 4.78 is 21.2. The number of ether oxygens (including phenoxy) is 4. The van der Waals surface area contributed by atoms with Crippen LogP contribution in [-0.2, 0) is 14.2 Å². The Morgan fingerprint density at radius 1 is 1.29 bits per heavy atom. The van der Waals surface area contributed by atoms with Crippen LogP contribution in [0.5, 0.6) is 5.75 Å². The minimum atomic E-state index is -0.717. The van der Waals surface area contributed by atoms with Crippen LogP contribution in [-0.4, -0.2) is 73.5 Å². The molecule has 1 fully saturated rings. The van der Waals surface area contributed by atoms with E-state index in [9.17, 15) is 19.7 Å². The summed E-state index contributed by atoms with van der Waals surface area (Å²) in [4.78, 5) is 36.8. The van der Waals surface area contributed by atoms with Crippen LogP contribution in [0.15, 0.2) is 12.1 Å². The fourth-order valence-electron chi connectivity index (χ4n) is 3.17. The average molecular weight is 439 g/mol. The van der Waals surface area contributed by atoms with E-state index in [-0.39, 0.29) is 41.9 Å². The number of carbonyl (C=O) groups is 2.